The van der Waals surface area contributed by atoms with E-state index in [1.807, 2.05) is 4.90 Å². The van der Waals surface area contributed by atoms with Crippen LogP contribution in [0.4, 0.5) is 0 Å². The van der Waals surface area contributed by atoms with Crippen LogP contribution in [0, 0.1) is 13.8 Å². The van der Waals surface area contributed by atoms with Crippen molar-refractivity contribution in [3.05, 3.63) is 34.9 Å². The van der Waals surface area contributed by atoms with Crippen molar-refractivity contribution in [2.75, 3.05) is 12.8 Å². The quantitative estimate of drug-likeness (QED) is 0.906. The summed E-state index contributed by atoms with van der Waals surface area (Å²) < 4.78 is 0. The average molecular weight is 306 g/mol. The smallest absolute Gasteiger partial charge is 0.241 e. The molecule has 1 aliphatic heterocycles. The van der Waals surface area contributed by atoms with Gasteiger partial charge in [0.25, 0.3) is 0 Å². The summed E-state index contributed by atoms with van der Waals surface area (Å²) in [5.74, 6) is 0.239. The molecule has 2 rings (SSSR count). The first-order chi connectivity index (χ1) is 9.97. The van der Waals surface area contributed by atoms with E-state index in [0.29, 0.717) is 5.25 Å². The van der Waals surface area contributed by atoms with Crippen molar-refractivity contribution in [3.63, 3.8) is 0 Å². The van der Waals surface area contributed by atoms with Gasteiger partial charge in [0.1, 0.15) is 6.17 Å². The lowest BCUT2D eigenvalue weighted by Gasteiger charge is -2.28. The van der Waals surface area contributed by atoms with Crippen molar-refractivity contribution < 1.29 is 4.79 Å². The Morgan fingerprint density at radius 2 is 2.10 bits per heavy atom. The largest absolute Gasteiger partial charge is 0.320 e. The van der Waals surface area contributed by atoms with Crippen molar-refractivity contribution in [1.82, 2.24) is 10.2 Å². The van der Waals surface area contributed by atoms with Gasteiger partial charge in [-0.2, -0.15) is 11.8 Å². The first kappa shape index (κ1) is 16.4. The summed E-state index contributed by atoms with van der Waals surface area (Å²) in [5.41, 5.74) is 3.73. The molecule has 3 nitrogen and oxygen atoms in total. The zero-order valence-electron chi connectivity index (χ0n) is 13.6. The van der Waals surface area contributed by atoms with E-state index in [-0.39, 0.29) is 18.1 Å². The lowest BCUT2D eigenvalue weighted by molar-refractivity contribution is -0.130. The highest BCUT2D eigenvalue weighted by atomic mass is 32.2. The molecule has 4 heteroatoms. The van der Waals surface area contributed by atoms with E-state index in [9.17, 15) is 4.79 Å². The highest BCUT2D eigenvalue weighted by Gasteiger charge is 2.39. The van der Waals surface area contributed by atoms with Gasteiger partial charge in [-0.25, -0.2) is 0 Å². The SMILES string of the molecule is CCC1NC(c2ccc(C)cc2C)N(CC(C)SC)C1=O. The minimum absolute atomic E-state index is 0.0117. The van der Waals surface area contributed by atoms with Crippen molar-refractivity contribution in [2.45, 2.75) is 51.6 Å². The summed E-state index contributed by atoms with van der Waals surface area (Å²) in [4.78, 5) is 14.6. The fraction of sp³-hybridized carbons (Fsp3) is 0.588. The minimum atomic E-state index is -0.0511. The molecular weight excluding hydrogens is 280 g/mol. The first-order valence-electron chi connectivity index (χ1n) is 7.64. The summed E-state index contributed by atoms with van der Waals surface area (Å²) in [6.45, 7) is 9.27. The summed E-state index contributed by atoms with van der Waals surface area (Å²) in [6, 6.07) is 6.43. The van der Waals surface area contributed by atoms with Gasteiger partial charge >= 0.3 is 0 Å². The first-order valence-corrected chi connectivity index (χ1v) is 8.93. The van der Waals surface area contributed by atoms with Gasteiger partial charge in [0, 0.05) is 11.8 Å². The molecule has 0 bridgehead atoms. The number of carbonyl (C=O) groups excluding carboxylic acids is 1. The van der Waals surface area contributed by atoms with Crippen LogP contribution in [0.25, 0.3) is 0 Å². The number of carbonyl (C=O) groups is 1. The number of nitrogens with zero attached hydrogens (tertiary/aromatic N) is 1. The third-order valence-corrected chi connectivity index (χ3v) is 5.19. The standard InChI is InChI=1S/C17H26N2OS/c1-6-15-17(20)19(10-13(4)21-5)16(18-15)14-8-7-11(2)9-12(14)3/h7-9,13,15-16,18H,6,10H2,1-5H3. The zero-order chi connectivity index (χ0) is 15.6. The lowest BCUT2D eigenvalue weighted by atomic mass is 10.0. The topological polar surface area (TPSA) is 32.3 Å². The van der Waals surface area contributed by atoms with E-state index < -0.39 is 0 Å². The van der Waals surface area contributed by atoms with E-state index in [1.165, 1.54) is 16.7 Å². The number of amides is 1. The number of benzene rings is 1. The van der Waals surface area contributed by atoms with Crippen LogP contribution in [0.15, 0.2) is 18.2 Å². The zero-order valence-corrected chi connectivity index (χ0v) is 14.5. The van der Waals surface area contributed by atoms with E-state index in [1.54, 1.807) is 11.8 Å². The maximum Gasteiger partial charge on any atom is 0.241 e. The molecule has 116 valence electrons. The molecule has 1 aromatic rings. The van der Waals surface area contributed by atoms with Gasteiger partial charge in [0.2, 0.25) is 5.91 Å². The molecular formula is C17H26N2OS. The normalized spacial score (nSPS) is 23.7. The number of aryl methyl sites for hydroxylation is 2. The Hall–Kier alpha value is -1.00. The van der Waals surface area contributed by atoms with Crippen LogP contribution in [0.2, 0.25) is 0 Å². The van der Waals surface area contributed by atoms with Gasteiger partial charge in [0.15, 0.2) is 0 Å². The number of rotatable bonds is 5. The van der Waals surface area contributed by atoms with Crippen LogP contribution in [-0.4, -0.2) is 34.9 Å². The van der Waals surface area contributed by atoms with Gasteiger partial charge in [-0.1, -0.05) is 37.6 Å². The van der Waals surface area contributed by atoms with Crippen molar-refractivity contribution in [1.29, 1.82) is 0 Å². The van der Waals surface area contributed by atoms with E-state index >= 15 is 0 Å². The van der Waals surface area contributed by atoms with E-state index in [0.717, 1.165) is 13.0 Å². The van der Waals surface area contributed by atoms with Crippen LogP contribution < -0.4 is 5.32 Å². The number of nitrogens with one attached hydrogen (secondary N) is 1. The number of hydrogen-bond donors (Lipinski definition) is 1. The van der Waals surface area contributed by atoms with Gasteiger partial charge in [0.05, 0.1) is 6.04 Å². The number of thioether (sulfide) groups is 1. The maximum atomic E-state index is 12.6. The Morgan fingerprint density at radius 3 is 2.67 bits per heavy atom. The molecule has 1 N–H and O–H groups in total. The molecule has 1 aliphatic rings. The highest BCUT2D eigenvalue weighted by Crippen LogP contribution is 2.30. The molecule has 1 amide bonds. The highest BCUT2D eigenvalue weighted by molar-refractivity contribution is 7.99. The van der Waals surface area contributed by atoms with Crippen LogP contribution in [0.3, 0.4) is 0 Å². The van der Waals surface area contributed by atoms with Crippen LogP contribution in [0.5, 0.6) is 0 Å². The Labute approximate surface area is 132 Å². The number of hydrogen-bond acceptors (Lipinski definition) is 3. The summed E-state index contributed by atoms with van der Waals surface area (Å²) >= 11 is 1.80. The fourth-order valence-corrected chi connectivity index (χ4v) is 3.22. The second-order valence-electron chi connectivity index (χ2n) is 5.93. The van der Waals surface area contributed by atoms with Gasteiger partial charge in [-0.3, -0.25) is 10.1 Å². The molecule has 0 saturated carbocycles. The molecule has 3 unspecified atom stereocenters. The molecule has 21 heavy (non-hydrogen) atoms. The summed E-state index contributed by atoms with van der Waals surface area (Å²) in [5, 5.41) is 3.96. The maximum absolute atomic E-state index is 12.6. The second-order valence-corrected chi connectivity index (χ2v) is 7.20. The summed E-state index contributed by atoms with van der Waals surface area (Å²) in [7, 11) is 0. The molecule has 0 aromatic heterocycles. The Morgan fingerprint density at radius 1 is 1.38 bits per heavy atom. The van der Waals surface area contributed by atoms with Crippen LogP contribution in [0.1, 0.15) is 43.1 Å². The Bertz CT molecular complexity index is 518. The Kier molecular flexibility index (Phi) is 5.33. The van der Waals surface area contributed by atoms with Crippen LogP contribution >= 0.6 is 11.8 Å². The average Bonchev–Trinajstić information content (AvgIpc) is 2.76. The van der Waals surface area contributed by atoms with Gasteiger partial charge < -0.3 is 4.90 Å². The van der Waals surface area contributed by atoms with E-state index in [2.05, 4.69) is 57.5 Å². The minimum Gasteiger partial charge on any atom is -0.320 e. The molecule has 1 heterocycles. The molecule has 1 aromatic carbocycles. The van der Waals surface area contributed by atoms with Gasteiger partial charge in [-0.15, -0.1) is 0 Å². The van der Waals surface area contributed by atoms with E-state index in [4.69, 9.17) is 0 Å². The third-order valence-electron chi connectivity index (χ3n) is 4.24. The van der Waals surface area contributed by atoms with Gasteiger partial charge in [-0.05, 0) is 37.7 Å². The van der Waals surface area contributed by atoms with Crippen molar-refractivity contribution in [3.8, 4) is 0 Å². The molecule has 0 spiro atoms. The molecule has 3 atom stereocenters. The van der Waals surface area contributed by atoms with Crippen molar-refractivity contribution >= 4 is 17.7 Å². The fourth-order valence-electron chi connectivity index (χ4n) is 2.91. The van der Waals surface area contributed by atoms with Crippen molar-refractivity contribution in [2.24, 2.45) is 0 Å². The predicted octanol–water partition coefficient (Wildman–Crippen LogP) is 3.26. The molecule has 0 aliphatic carbocycles. The third kappa shape index (κ3) is 3.43. The lowest BCUT2D eigenvalue weighted by Crippen LogP contribution is -2.35. The predicted molar refractivity (Wildman–Crippen MR) is 90.6 cm³/mol. The van der Waals surface area contributed by atoms with Crippen LogP contribution in [-0.2, 0) is 4.79 Å². The Balaban J connectivity index is 2.31. The molecule has 1 fully saturated rings. The second kappa shape index (κ2) is 6.84. The summed E-state index contributed by atoms with van der Waals surface area (Å²) in [6.07, 6.45) is 2.95. The molecule has 1 saturated heterocycles. The monoisotopic (exact) mass is 306 g/mol. The molecule has 0 radical (unpaired) electrons.